The molecule has 8 heteroatoms. The van der Waals surface area contributed by atoms with Gasteiger partial charge in [0, 0.05) is 19.8 Å². The van der Waals surface area contributed by atoms with Crippen LogP contribution in [0, 0.1) is 5.82 Å². The Kier molecular flexibility index (Phi) is 5.80. The highest BCUT2D eigenvalue weighted by Gasteiger charge is 2.33. The summed E-state index contributed by atoms with van der Waals surface area (Å²) in [5.74, 6) is -0.975. The van der Waals surface area contributed by atoms with E-state index in [1.165, 1.54) is 35.1 Å². The number of halogens is 1. The lowest BCUT2D eigenvalue weighted by atomic mass is 9.96. The van der Waals surface area contributed by atoms with Gasteiger partial charge in [-0.25, -0.2) is 14.2 Å². The van der Waals surface area contributed by atoms with Gasteiger partial charge in [0.1, 0.15) is 5.82 Å². The standard InChI is InChI=1S/C24H22FN3O3S/c1-14-20(23(30)31-4)21(16-7-9-17(25)10-8-16)28-22(29)19(32-24(28)26-14)13-15-5-11-18(12-6-15)27(2)3/h5-13,21H,1-4H3/b19-13+/t21-/m1/s1. The van der Waals surface area contributed by atoms with Gasteiger partial charge in [0.25, 0.3) is 5.56 Å². The Bertz CT molecular complexity index is 1380. The maximum absolute atomic E-state index is 13.6. The monoisotopic (exact) mass is 451 g/mol. The Hall–Kier alpha value is -3.52. The van der Waals surface area contributed by atoms with Crippen LogP contribution < -0.4 is 19.8 Å². The molecule has 0 bridgehead atoms. The quantitative estimate of drug-likeness (QED) is 0.572. The predicted molar refractivity (Wildman–Crippen MR) is 123 cm³/mol. The fourth-order valence-electron chi connectivity index (χ4n) is 3.67. The topological polar surface area (TPSA) is 63.9 Å². The molecule has 0 N–H and O–H groups in total. The summed E-state index contributed by atoms with van der Waals surface area (Å²) in [5.41, 5.74) is 2.99. The summed E-state index contributed by atoms with van der Waals surface area (Å²) in [5, 5.41) is 0. The van der Waals surface area contributed by atoms with Crippen LogP contribution in [0.15, 0.2) is 69.6 Å². The zero-order valence-corrected chi connectivity index (χ0v) is 18.9. The molecule has 2 heterocycles. The lowest BCUT2D eigenvalue weighted by molar-refractivity contribution is -0.136. The van der Waals surface area contributed by atoms with E-state index in [1.807, 2.05) is 49.3 Å². The van der Waals surface area contributed by atoms with E-state index >= 15 is 0 Å². The molecular formula is C24H22FN3O3S. The van der Waals surface area contributed by atoms with E-state index in [0.717, 1.165) is 11.3 Å². The smallest absolute Gasteiger partial charge is 0.338 e. The van der Waals surface area contributed by atoms with Gasteiger partial charge in [-0.05, 0) is 48.4 Å². The number of aromatic nitrogens is 1. The minimum Gasteiger partial charge on any atom is -0.466 e. The Morgan fingerprint density at radius 2 is 1.81 bits per heavy atom. The van der Waals surface area contributed by atoms with E-state index in [1.54, 1.807) is 19.1 Å². The molecule has 1 aliphatic rings. The summed E-state index contributed by atoms with van der Waals surface area (Å²) in [6.07, 6.45) is 1.81. The number of anilines is 1. The first-order valence-electron chi connectivity index (χ1n) is 9.94. The Labute approximate surface area is 188 Å². The van der Waals surface area contributed by atoms with Crippen molar-refractivity contribution in [3.05, 3.63) is 96.4 Å². The van der Waals surface area contributed by atoms with Gasteiger partial charge in [0.15, 0.2) is 4.80 Å². The SMILES string of the molecule is COC(=O)C1=C(C)N=c2s/c(=C/c3ccc(N(C)C)cc3)c(=O)n2[C@@H]1c1ccc(F)cc1. The number of thiazole rings is 1. The van der Waals surface area contributed by atoms with Gasteiger partial charge in [-0.15, -0.1) is 0 Å². The van der Waals surface area contributed by atoms with Crippen LogP contribution >= 0.6 is 11.3 Å². The van der Waals surface area contributed by atoms with E-state index in [2.05, 4.69) is 4.99 Å². The van der Waals surface area contributed by atoms with Crippen molar-refractivity contribution < 1.29 is 13.9 Å². The van der Waals surface area contributed by atoms with Crippen molar-refractivity contribution in [1.29, 1.82) is 0 Å². The zero-order valence-electron chi connectivity index (χ0n) is 18.1. The molecule has 1 aliphatic heterocycles. The molecule has 164 valence electrons. The second kappa shape index (κ2) is 8.55. The molecule has 0 fully saturated rings. The average molecular weight is 452 g/mol. The van der Waals surface area contributed by atoms with E-state index < -0.39 is 17.8 Å². The Morgan fingerprint density at radius 3 is 2.41 bits per heavy atom. The number of benzene rings is 2. The highest BCUT2D eigenvalue weighted by molar-refractivity contribution is 7.07. The van der Waals surface area contributed by atoms with Crippen LogP contribution in [0.1, 0.15) is 24.1 Å². The zero-order chi connectivity index (χ0) is 23.0. The van der Waals surface area contributed by atoms with E-state index in [4.69, 9.17) is 4.74 Å². The summed E-state index contributed by atoms with van der Waals surface area (Å²) in [6, 6.07) is 12.8. The number of ether oxygens (including phenoxy) is 1. The van der Waals surface area contributed by atoms with Crippen LogP contribution in [0.4, 0.5) is 10.1 Å². The summed E-state index contributed by atoms with van der Waals surface area (Å²) in [7, 11) is 5.21. The van der Waals surface area contributed by atoms with Crippen molar-refractivity contribution in [2.45, 2.75) is 13.0 Å². The predicted octanol–water partition coefficient (Wildman–Crippen LogP) is 2.61. The number of carbonyl (C=O) groups excluding carboxylic acids is 1. The normalized spacial score (nSPS) is 15.9. The molecular weight excluding hydrogens is 429 g/mol. The average Bonchev–Trinajstić information content (AvgIpc) is 3.08. The third-order valence-corrected chi connectivity index (χ3v) is 6.30. The summed E-state index contributed by atoms with van der Waals surface area (Å²) in [6.45, 7) is 1.71. The first kappa shape index (κ1) is 21.7. The van der Waals surface area contributed by atoms with Gasteiger partial charge in [0.2, 0.25) is 0 Å². The van der Waals surface area contributed by atoms with Gasteiger partial charge < -0.3 is 9.64 Å². The molecule has 1 atom stereocenters. The molecule has 0 spiro atoms. The fraction of sp³-hybridized carbons (Fsp3) is 0.208. The molecule has 6 nitrogen and oxygen atoms in total. The molecule has 0 saturated carbocycles. The highest BCUT2D eigenvalue weighted by Crippen LogP contribution is 2.30. The number of allylic oxidation sites excluding steroid dienone is 1. The van der Waals surface area contributed by atoms with Gasteiger partial charge in [-0.1, -0.05) is 35.6 Å². The third-order valence-electron chi connectivity index (χ3n) is 5.32. The van der Waals surface area contributed by atoms with Crippen molar-refractivity contribution in [3.8, 4) is 0 Å². The first-order valence-corrected chi connectivity index (χ1v) is 10.8. The van der Waals surface area contributed by atoms with Gasteiger partial charge >= 0.3 is 5.97 Å². The maximum atomic E-state index is 13.6. The number of hydrogen-bond acceptors (Lipinski definition) is 6. The van der Waals surface area contributed by atoms with Gasteiger partial charge in [-0.2, -0.15) is 0 Å². The second-order valence-corrected chi connectivity index (χ2v) is 8.62. The molecule has 3 aromatic rings. The summed E-state index contributed by atoms with van der Waals surface area (Å²) < 4.78 is 20.5. The van der Waals surface area contributed by atoms with E-state index in [0.29, 0.717) is 20.6 Å². The van der Waals surface area contributed by atoms with Crippen molar-refractivity contribution in [2.24, 2.45) is 4.99 Å². The van der Waals surface area contributed by atoms with Crippen molar-refractivity contribution in [1.82, 2.24) is 4.57 Å². The Morgan fingerprint density at radius 1 is 1.16 bits per heavy atom. The number of carbonyl (C=O) groups is 1. The van der Waals surface area contributed by atoms with E-state index in [-0.39, 0.29) is 11.1 Å². The molecule has 2 aromatic carbocycles. The highest BCUT2D eigenvalue weighted by atomic mass is 32.1. The lowest BCUT2D eigenvalue weighted by Crippen LogP contribution is -2.39. The maximum Gasteiger partial charge on any atom is 0.338 e. The van der Waals surface area contributed by atoms with Crippen LogP contribution in [-0.2, 0) is 9.53 Å². The Balaban J connectivity index is 1.91. The molecule has 0 saturated heterocycles. The summed E-state index contributed by atoms with van der Waals surface area (Å²) >= 11 is 1.25. The molecule has 0 unspecified atom stereocenters. The molecule has 0 amide bonds. The van der Waals surface area contributed by atoms with Crippen LogP contribution in [0.2, 0.25) is 0 Å². The molecule has 0 aliphatic carbocycles. The first-order chi connectivity index (χ1) is 15.3. The molecule has 1 aromatic heterocycles. The van der Waals surface area contributed by atoms with Gasteiger partial charge in [0.05, 0.1) is 29.0 Å². The van der Waals surface area contributed by atoms with Crippen molar-refractivity contribution in [3.63, 3.8) is 0 Å². The number of fused-ring (bicyclic) bond motifs is 1. The van der Waals surface area contributed by atoms with Crippen molar-refractivity contribution in [2.75, 3.05) is 26.1 Å². The fourth-order valence-corrected chi connectivity index (χ4v) is 4.72. The van der Waals surface area contributed by atoms with E-state index in [9.17, 15) is 14.0 Å². The van der Waals surface area contributed by atoms with Crippen LogP contribution in [0.5, 0.6) is 0 Å². The third kappa shape index (κ3) is 3.89. The minimum atomic E-state index is -0.752. The number of methoxy groups -OCH3 is 1. The number of nitrogens with zero attached hydrogens (tertiary/aromatic N) is 3. The molecule has 32 heavy (non-hydrogen) atoms. The van der Waals surface area contributed by atoms with Crippen LogP contribution in [0.25, 0.3) is 6.08 Å². The van der Waals surface area contributed by atoms with Crippen LogP contribution in [-0.4, -0.2) is 31.7 Å². The number of esters is 1. The summed E-state index contributed by atoms with van der Waals surface area (Å²) in [4.78, 5) is 33.0. The van der Waals surface area contributed by atoms with Crippen molar-refractivity contribution >= 4 is 29.1 Å². The number of rotatable bonds is 4. The lowest BCUT2D eigenvalue weighted by Gasteiger charge is -2.24. The minimum absolute atomic E-state index is 0.258. The van der Waals surface area contributed by atoms with Gasteiger partial charge in [-0.3, -0.25) is 9.36 Å². The largest absolute Gasteiger partial charge is 0.466 e. The number of hydrogen-bond donors (Lipinski definition) is 0. The molecule has 4 rings (SSSR count). The molecule has 0 radical (unpaired) electrons. The second-order valence-electron chi connectivity index (χ2n) is 7.61. The van der Waals surface area contributed by atoms with Crippen LogP contribution in [0.3, 0.4) is 0 Å².